The van der Waals surface area contributed by atoms with E-state index < -0.39 is 9.84 Å². The van der Waals surface area contributed by atoms with Crippen molar-refractivity contribution in [2.75, 3.05) is 31.1 Å². The predicted octanol–water partition coefficient (Wildman–Crippen LogP) is 1.78. The van der Waals surface area contributed by atoms with Crippen LogP contribution >= 0.6 is 11.3 Å². The van der Waals surface area contributed by atoms with Crippen LogP contribution in [0.5, 0.6) is 0 Å². The molecule has 0 unspecified atom stereocenters. The fraction of sp³-hybridized carbons (Fsp3) is 0.556. The summed E-state index contributed by atoms with van der Waals surface area (Å²) in [6.07, 6.45) is 2.55. The molecule has 1 amide bonds. The summed E-state index contributed by atoms with van der Waals surface area (Å²) in [4.78, 5) is 19.1. The van der Waals surface area contributed by atoms with Crippen molar-refractivity contribution in [1.29, 1.82) is 0 Å². The minimum atomic E-state index is -2.96. The van der Waals surface area contributed by atoms with Crippen LogP contribution in [0.3, 0.4) is 0 Å². The summed E-state index contributed by atoms with van der Waals surface area (Å²) in [6.45, 7) is 2.09. The molecule has 0 bridgehead atoms. The maximum atomic E-state index is 12.2. The van der Waals surface area contributed by atoms with E-state index in [2.05, 4.69) is 22.3 Å². The average molecular weight is 394 g/mol. The van der Waals surface area contributed by atoms with E-state index >= 15 is 0 Å². The third-order valence-corrected chi connectivity index (χ3v) is 8.18. The largest absolute Gasteiger partial charge is 0.351 e. The standard InChI is InChI=1S/C18H23N3O3S2/c22-17(19-14-7-10-26(23,24)12-14)11-21-8-5-13(6-9-21)18-20-15-3-1-2-4-16(15)25-18/h1-4,13-14H,5-12H2,(H,19,22)/t14-/m1/s1. The first-order valence-electron chi connectivity index (χ1n) is 9.06. The van der Waals surface area contributed by atoms with Gasteiger partial charge in [-0.05, 0) is 44.5 Å². The Hall–Kier alpha value is -1.51. The van der Waals surface area contributed by atoms with Crippen molar-refractivity contribution in [2.45, 2.75) is 31.2 Å². The minimum absolute atomic E-state index is 0.0643. The lowest BCUT2D eigenvalue weighted by molar-refractivity contribution is -0.123. The van der Waals surface area contributed by atoms with Crippen molar-refractivity contribution in [3.05, 3.63) is 29.3 Å². The summed E-state index contributed by atoms with van der Waals surface area (Å²) in [6, 6.07) is 8.01. The summed E-state index contributed by atoms with van der Waals surface area (Å²) in [5, 5.41) is 4.07. The van der Waals surface area contributed by atoms with Crippen LogP contribution in [0.2, 0.25) is 0 Å². The highest BCUT2D eigenvalue weighted by atomic mass is 32.2. The second-order valence-electron chi connectivity index (χ2n) is 7.24. The normalized spacial score (nSPS) is 24.1. The SMILES string of the molecule is O=C(CN1CCC(c2nc3ccccc3s2)CC1)N[C@@H]1CCS(=O)(=O)C1. The third-order valence-electron chi connectivity index (χ3n) is 5.21. The smallest absolute Gasteiger partial charge is 0.234 e. The second kappa shape index (κ2) is 7.25. The molecule has 0 radical (unpaired) electrons. The Morgan fingerprint density at radius 1 is 1.23 bits per heavy atom. The van der Waals surface area contributed by atoms with Gasteiger partial charge in [-0.1, -0.05) is 12.1 Å². The van der Waals surface area contributed by atoms with E-state index in [-0.39, 0.29) is 23.5 Å². The van der Waals surface area contributed by atoms with Crippen molar-refractivity contribution >= 4 is 37.3 Å². The molecule has 4 rings (SSSR count). The highest BCUT2D eigenvalue weighted by molar-refractivity contribution is 7.91. The number of fused-ring (bicyclic) bond motifs is 1. The zero-order valence-corrected chi connectivity index (χ0v) is 16.2. The Morgan fingerprint density at radius 3 is 2.69 bits per heavy atom. The number of hydrogen-bond donors (Lipinski definition) is 1. The highest BCUT2D eigenvalue weighted by Crippen LogP contribution is 2.33. The van der Waals surface area contributed by atoms with Gasteiger partial charge in [0.1, 0.15) is 0 Å². The fourth-order valence-corrected chi connectivity index (χ4v) is 6.60. The number of rotatable bonds is 4. The topological polar surface area (TPSA) is 79.4 Å². The maximum absolute atomic E-state index is 12.2. The maximum Gasteiger partial charge on any atom is 0.234 e. The molecule has 2 aromatic rings. The van der Waals surface area contributed by atoms with Gasteiger partial charge in [0, 0.05) is 12.0 Å². The van der Waals surface area contributed by atoms with E-state index in [1.165, 1.54) is 9.71 Å². The lowest BCUT2D eigenvalue weighted by Gasteiger charge is -2.30. The molecule has 2 aliphatic heterocycles. The summed E-state index contributed by atoms with van der Waals surface area (Å²) in [5.41, 5.74) is 1.07. The number of hydrogen-bond acceptors (Lipinski definition) is 6. The summed E-state index contributed by atoms with van der Waals surface area (Å²) >= 11 is 1.77. The molecule has 2 aliphatic rings. The van der Waals surface area contributed by atoms with Crippen LogP contribution in [-0.2, 0) is 14.6 Å². The number of carbonyl (C=O) groups is 1. The number of likely N-dealkylation sites (tertiary alicyclic amines) is 1. The number of aromatic nitrogens is 1. The van der Waals surface area contributed by atoms with Crippen molar-refractivity contribution in [1.82, 2.24) is 15.2 Å². The van der Waals surface area contributed by atoms with E-state index in [1.807, 2.05) is 12.1 Å². The lowest BCUT2D eigenvalue weighted by atomic mass is 9.97. The average Bonchev–Trinajstić information content (AvgIpc) is 3.18. The Labute approximate surface area is 157 Å². The van der Waals surface area contributed by atoms with Gasteiger partial charge in [-0.25, -0.2) is 13.4 Å². The van der Waals surface area contributed by atoms with E-state index in [9.17, 15) is 13.2 Å². The van der Waals surface area contributed by atoms with Gasteiger partial charge in [0.15, 0.2) is 9.84 Å². The molecule has 1 atom stereocenters. The summed E-state index contributed by atoms with van der Waals surface area (Å²) < 4.78 is 24.2. The number of thiazole rings is 1. The van der Waals surface area contributed by atoms with E-state index in [1.54, 1.807) is 11.3 Å². The fourth-order valence-electron chi connectivity index (χ4n) is 3.79. The summed E-state index contributed by atoms with van der Waals surface area (Å²) in [7, 11) is -2.96. The van der Waals surface area contributed by atoms with E-state index in [0.717, 1.165) is 31.4 Å². The Morgan fingerprint density at radius 2 is 2.00 bits per heavy atom. The first kappa shape index (κ1) is 17.9. The van der Waals surface area contributed by atoms with Gasteiger partial charge < -0.3 is 5.32 Å². The number of benzene rings is 1. The molecule has 0 aliphatic carbocycles. The first-order chi connectivity index (χ1) is 12.5. The molecule has 1 aromatic carbocycles. The molecule has 26 heavy (non-hydrogen) atoms. The van der Waals surface area contributed by atoms with Crippen molar-refractivity contribution in [3.8, 4) is 0 Å². The van der Waals surface area contributed by atoms with E-state index in [4.69, 9.17) is 4.98 Å². The number of piperidine rings is 1. The Kier molecular flexibility index (Phi) is 4.98. The Bertz CT molecular complexity index is 868. The number of carbonyl (C=O) groups excluding carboxylic acids is 1. The van der Waals surface area contributed by atoms with Crippen LogP contribution < -0.4 is 5.32 Å². The van der Waals surface area contributed by atoms with Crippen molar-refractivity contribution in [3.63, 3.8) is 0 Å². The number of amides is 1. The van der Waals surface area contributed by atoms with Gasteiger partial charge in [0.2, 0.25) is 5.91 Å². The minimum Gasteiger partial charge on any atom is -0.351 e. The molecule has 0 saturated carbocycles. The van der Waals surface area contributed by atoms with Crippen LogP contribution in [0.4, 0.5) is 0 Å². The van der Waals surface area contributed by atoms with Gasteiger partial charge >= 0.3 is 0 Å². The molecular formula is C18H23N3O3S2. The molecule has 6 nitrogen and oxygen atoms in total. The van der Waals surface area contributed by atoms with Gasteiger partial charge in [0.05, 0.1) is 33.3 Å². The summed E-state index contributed by atoms with van der Waals surface area (Å²) in [5.74, 6) is 0.668. The first-order valence-corrected chi connectivity index (χ1v) is 11.7. The predicted molar refractivity (Wildman–Crippen MR) is 103 cm³/mol. The molecule has 140 valence electrons. The molecule has 2 fully saturated rings. The molecule has 8 heteroatoms. The van der Waals surface area contributed by atoms with Crippen LogP contribution in [0, 0.1) is 0 Å². The van der Waals surface area contributed by atoms with Crippen LogP contribution in [0.15, 0.2) is 24.3 Å². The van der Waals surface area contributed by atoms with Crippen molar-refractivity contribution < 1.29 is 13.2 Å². The van der Waals surface area contributed by atoms with Gasteiger partial charge in [-0.3, -0.25) is 9.69 Å². The number of nitrogens with zero attached hydrogens (tertiary/aromatic N) is 2. The highest BCUT2D eigenvalue weighted by Gasteiger charge is 2.30. The zero-order chi connectivity index (χ0) is 18.1. The van der Waals surface area contributed by atoms with Gasteiger partial charge in [-0.15, -0.1) is 11.3 Å². The van der Waals surface area contributed by atoms with Crippen molar-refractivity contribution in [2.24, 2.45) is 0 Å². The quantitative estimate of drug-likeness (QED) is 0.857. The molecule has 2 saturated heterocycles. The molecular weight excluding hydrogens is 370 g/mol. The van der Waals surface area contributed by atoms with Gasteiger partial charge in [-0.2, -0.15) is 0 Å². The molecule has 3 heterocycles. The van der Waals surface area contributed by atoms with Crippen LogP contribution in [0.1, 0.15) is 30.2 Å². The third kappa shape index (κ3) is 4.07. The Balaban J connectivity index is 1.27. The lowest BCUT2D eigenvalue weighted by Crippen LogP contribution is -2.44. The number of sulfone groups is 1. The van der Waals surface area contributed by atoms with E-state index in [0.29, 0.717) is 18.9 Å². The second-order valence-corrected chi connectivity index (χ2v) is 10.5. The monoisotopic (exact) mass is 393 g/mol. The van der Waals surface area contributed by atoms with Crippen LogP contribution in [0.25, 0.3) is 10.2 Å². The van der Waals surface area contributed by atoms with Gasteiger partial charge in [0.25, 0.3) is 0 Å². The molecule has 1 N–H and O–H groups in total. The number of nitrogens with one attached hydrogen (secondary N) is 1. The van der Waals surface area contributed by atoms with Crippen LogP contribution in [-0.4, -0.2) is 61.4 Å². The zero-order valence-electron chi connectivity index (χ0n) is 14.6. The molecule has 1 aromatic heterocycles. The molecule has 0 spiro atoms. The number of para-hydroxylation sites is 1.